The number of amides is 4. The molecule has 8 bridgehead atoms. The van der Waals surface area contributed by atoms with Gasteiger partial charge < -0.3 is 20.1 Å². The molecule has 2 atom stereocenters. The second-order valence-electron chi connectivity index (χ2n) is 20.3. The molecule has 2 saturated heterocycles. The summed E-state index contributed by atoms with van der Waals surface area (Å²) in [5.41, 5.74) is -2.23. The van der Waals surface area contributed by atoms with E-state index in [1.54, 1.807) is 48.5 Å². The van der Waals surface area contributed by atoms with Crippen LogP contribution in [-0.2, 0) is 49.1 Å². The fraction of sp³-hybridized carbons (Fsp3) is 0.592. The molecule has 10 aliphatic rings. The molecule has 2 heterocycles. The summed E-state index contributed by atoms with van der Waals surface area (Å²) < 4.78 is 11.6. The van der Waals surface area contributed by atoms with E-state index in [1.807, 2.05) is 12.1 Å². The van der Waals surface area contributed by atoms with E-state index in [1.165, 1.54) is 62.4 Å². The molecule has 10 fully saturated rings. The minimum absolute atomic E-state index is 0. The van der Waals surface area contributed by atoms with E-state index in [0.717, 1.165) is 74.0 Å². The maximum absolute atomic E-state index is 13.3. The zero-order chi connectivity index (χ0) is 43.6. The first kappa shape index (κ1) is 45.0. The van der Waals surface area contributed by atoms with Crippen LogP contribution < -0.4 is 10.6 Å². The number of hydrogen-bond acceptors (Lipinski definition) is 10. The third kappa shape index (κ3) is 8.12. The summed E-state index contributed by atoms with van der Waals surface area (Å²) in [6, 6.07) is 17.4. The van der Waals surface area contributed by atoms with Crippen LogP contribution >= 0.6 is 24.4 Å². The van der Waals surface area contributed by atoms with Gasteiger partial charge in [-0.25, -0.2) is 0 Å². The van der Waals surface area contributed by atoms with Gasteiger partial charge in [-0.2, -0.15) is 0 Å². The lowest BCUT2D eigenvalue weighted by Gasteiger charge is -2.56. The molecule has 336 valence electrons. The minimum atomic E-state index is -1.67. The fourth-order valence-corrected chi connectivity index (χ4v) is 14.3. The van der Waals surface area contributed by atoms with Crippen molar-refractivity contribution in [1.82, 2.24) is 20.4 Å². The van der Waals surface area contributed by atoms with Crippen molar-refractivity contribution in [2.75, 3.05) is 27.3 Å². The Kier molecular flexibility index (Phi) is 12.2. The molecule has 0 aromatic heterocycles. The molecule has 2 aliphatic heterocycles. The molecule has 2 aromatic carbocycles. The maximum Gasteiger partial charge on any atom is 0.307 e. The van der Waals surface area contributed by atoms with Crippen molar-refractivity contribution in [2.45, 2.75) is 108 Å². The summed E-state index contributed by atoms with van der Waals surface area (Å²) in [5, 5.41) is 5.28. The van der Waals surface area contributed by atoms with Gasteiger partial charge in [0.15, 0.2) is 21.1 Å². The van der Waals surface area contributed by atoms with Crippen LogP contribution in [0.4, 0.5) is 0 Å². The molecule has 2 unspecified atom stereocenters. The molecule has 8 saturated carbocycles. The van der Waals surface area contributed by atoms with Crippen molar-refractivity contribution in [3.05, 3.63) is 71.8 Å². The van der Waals surface area contributed by atoms with Crippen molar-refractivity contribution < 1.29 is 38.2 Å². The average Bonchev–Trinajstić information content (AvgIpc) is 3.24. The summed E-state index contributed by atoms with van der Waals surface area (Å²) in [5.74, 6) is 1.43. The molecule has 0 spiro atoms. The third-order valence-corrected chi connectivity index (χ3v) is 16.7. The van der Waals surface area contributed by atoms with Gasteiger partial charge >= 0.3 is 11.9 Å². The number of ether oxygens (including phenoxy) is 2. The molecule has 0 radical (unpaired) electrons. The van der Waals surface area contributed by atoms with Crippen LogP contribution in [0.15, 0.2) is 60.7 Å². The van der Waals surface area contributed by atoms with Crippen LogP contribution in [-0.4, -0.2) is 82.9 Å². The molecule has 12 nitrogen and oxygen atoms in total. The molecular weight excluding hydrogens is 837 g/mol. The van der Waals surface area contributed by atoms with Gasteiger partial charge in [-0.1, -0.05) is 68.1 Å². The van der Waals surface area contributed by atoms with Gasteiger partial charge in [0.2, 0.25) is 23.6 Å². The molecule has 14 heteroatoms. The number of esters is 2. The van der Waals surface area contributed by atoms with Crippen LogP contribution in [0.25, 0.3) is 0 Å². The first-order valence-corrected chi connectivity index (χ1v) is 23.1. The van der Waals surface area contributed by atoms with Crippen LogP contribution in [0.2, 0.25) is 0 Å². The lowest BCUT2D eigenvalue weighted by molar-refractivity contribution is -0.161. The van der Waals surface area contributed by atoms with E-state index in [-0.39, 0.29) is 41.3 Å². The number of likely N-dealkylation sites (N-methyl/N-ethyl adjacent to an activating group) is 2. The zero-order valence-electron chi connectivity index (χ0n) is 35.5. The molecule has 8 aliphatic carbocycles. The number of benzene rings is 2. The monoisotopic (exact) mass is 896 g/mol. The van der Waals surface area contributed by atoms with Gasteiger partial charge in [0.25, 0.3) is 0 Å². The van der Waals surface area contributed by atoms with Gasteiger partial charge in [0.05, 0.1) is 26.1 Å². The predicted molar refractivity (Wildman–Crippen MR) is 242 cm³/mol. The van der Waals surface area contributed by atoms with E-state index in [0.29, 0.717) is 24.3 Å². The Bertz CT molecular complexity index is 1980. The van der Waals surface area contributed by atoms with Gasteiger partial charge in [-0.15, -0.1) is 0 Å². The standard InChI is InChI=1S/2C24H28N2O4S.CH4/c2*1-26-21(29)24(20(28)25-22(26)31,18-5-3-2-4-6-18)13-19(27)30-14-23-10-15-7-16(11-23)9-17(8-15)12-23;/h2*2-6,15-17H,7-14H2,1H3,(H,25,28,31);1H4. The maximum atomic E-state index is 13.3. The van der Waals surface area contributed by atoms with E-state index < -0.39 is 46.4 Å². The zero-order valence-corrected chi connectivity index (χ0v) is 37.2. The lowest BCUT2D eigenvalue weighted by Crippen LogP contribution is -2.65. The smallest absolute Gasteiger partial charge is 0.307 e. The molecule has 2 aromatic rings. The lowest BCUT2D eigenvalue weighted by atomic mass is 9.50. The first-order valence-electron chi connectivity index (χ1n) is 22.3. The minimum Gasteiger partial charge on any atom is -0.465 e. The number of rotatable bonds is 10. The van der Waals surface area contributed by atoms with Crippen molar-refractivity contribution in [1.29, 1.82) is 0 Å². The van der Waals surface area contributed by atoms with E-state index >= 15 is 0 Å². The Hall–Kier alpha value is -4.56. The normalized spacial score (nSPS) is 35.9. The van der Waals surface area contributed by atoms with Crippen LogP contribution in [0.3, 0.4) is 0 Å². The Morgan fingerprint density at radius 1 is 0.556 bits per heavy atom. The number of thiocarbonyl (C=S) groups is 2. The molecule has 12 rings (SSSR count). The molecule has 4 amide bonds. The summed E-state index contributed by atoms with van der Waals surface area (Å²) in [6.07, 6.45) is 14.1. The van der Waals surface area contributed by atoms with Crippen LogP contribution in [0.1, 0.15) is 108 Å². The summed E-state index contributed by atoms with van der Waals surface area (Å²) in [7, 11) is 3.03. The number of hydrogen-bond donors (Lipinski definition) is 2. The van der Waals surface area contributed by atoms with Gasteiger partial charge in [-0.3, -0.25) is 38.6 Å². The summed E-state index contributed by atoms with van der Waals surface area (Å²) in [4.78, 5) is 81.4. The Labute approximate surface area is 380 Å². The first-order chi connectivity index (χ1) is 29.6. The topological polar surface area (TPSA) is 151 Å². The summed E-state index contributed by atoms with van der Waals surface area (Å²) in [6.45, 7) is 0.786. The van der Waals surface area contributed by atoms with Gasteiger partial charge in [-0.05, 0) is 148 Å². The van der Waals surface area contributed by atoms with Crippen LogP contribution in [0.5, 0.6) is 0 Å². The highest BCUT2D eigenvalue weighted by Crippen LogP contribution is 2.61. The number of carbonyl (C=O) groups is 6. The van der Waals surface area contributed by atoms with Gasteiger partial charge in [0.1, 0.15) is 0 Å². The predicted octanol–water partition coefficient (Wildman–Crippen LogP) is 6.53. The summed E-state index contributed by atoms with van der Waals surface area (Å²) >= 11 is 10.2. The van der Waals surface area contributed by atoms with Gasteiger partial charge in [0, 0.05) is 24.9 Å². The highest BCUT2D eigenvalue weighted by molar-refractivity contribution is 7.80. The SMILES string of the molecule is C.CN1C(=O)C(CC(=O)OCC23CC4CC(CC(C4)C2)C3)(c2ccccc2)C(=O)NC1=S.CN1C(=O)C(CC(=O)OCC23CC4CC(CC(C4)C2)C3)(c2ccccc2)C(=O)NC1=S. The Morgan fingerprint density at radius 3 is 1.13 bits per heavy atom. The fourth-order valence-electron chi connectivity index (χ4n) is 13.9. The van der Waals surface area contributed by atoms with Crippen molar-refractivity contribution in [3.63, 3.8) is 0 Å². The third-order valence-electron chi connectivity index (χ3n) is 15.9. The molecule has 63 heavy (non-hydrogen) atoms. The molecule has 2 N–H and O–H groups in total. The average molecular weight is 897 g/mol. The van der Waals surface area contributed by atoms with Crippen molar-refractivity contribution in [2.24, 2.45) is 46.3 Å². The van der Waals surface area contributed by atoms with E-state index in [9.17, 15) is 28.8 Å². The Balaban J connectivity index is 0.000000170. The van der Waals surface area contributed by atoms with Crippen LogP contribution in [0, 0.1) is 46.3 Å². The molecular formula is C49H60N4O8S2. The van der Waals surface area contributed by atoms with Crippen molar-refractivity contribution in [3.8, 4) is 0 Å². The number of carbonyl (C=O) groups excluding carboxylic acids is 6. The highest BCUT2D eigenvalue weighted by atomic mass is 32.1. The number of nitrogens with one attached hydrogen (secondary N) is 2. The highest BCUT2D eigenvalue weighted by Gasteiger charge is 2.58. The quantitative estimate of drug-likeness (QED) is 0.153. The van der Waals surface area contributed by atoms with E-state index in [2.05, 4.69) is 10.6 Å². The second-order valence-corrected chi connectivity index (χ2v) is 21.1. The number of nitrogens with zero attached hydrogens (tertiary/aromatic N) is 2. The second kappa shape index (κ2) is 17.1. The van der Waals surface area contributed by atoms with Crippen molar-refractivity contribution >= 4 is 70.2 Å². The Morgan fingerprint density at radius 2 is 0.841 bits per heavy atom. The van der Waals surface area contributed by atoms with E-state index in [4.69, 9.17) is 33.9 Å². The largest absolute Gasteiger partial charge is 0.465 e.